The highest BCUT2D eigenvalue weighted by Gasteiger charge is 2.22. The van der Waals surface area contributed by atoms with Crippen LogP contribution in [0, 0.1) is 0 Å². The monoisotopic (exact) mass is 569 g/mol. The number of nitrogens with zero attached hydrogens (tertiary/aromatic N) is 1. The number of aromatic nitrogens is 1. The van der Waals surface area contributed by atoms with Gasteiger partial charge in [0.15, 0.2) is 0 Å². The van der Waals surface area contributed by atoms with Crippen molar-refractivity contribution in [3.8, 4) is 50.2 Å². The number of para-hydroxylation sites is 2. The van der Waals surface area contributed by atoms with Gasteiger partial charge in [-0.3, -0.25) is 0 Å². The zero-order valence-corrected chi connectivity index (χ0v) is 24.5. The summed E-state index contributed by atoms with van der Waals surface area (Å²) in [5.74, 6) is 0. The molecule has 0 amide bonds. The Kier molecular flexibility index (Phi) is 5.06. The van der Waals surface area contributed by atoms with Gasteiger partial charge in [-0.25, -0.2) is 0 Å². The molecule has 208 valence electrons. The van der Waals surface area contributed by atoms with Gasteiger partial charge in [-0.1, -0.05) is 127 Å². The van der Waals surface area contributed by atoms with E-state index in [1.165, 1.54) is 93.5 Å². The third kappa shape index (κ3) is 3.50. The molecule has 0 N–H and O–H groups in total. The number of fused-ring (bicyclic) bond motifs is 8. The lowest BCUT2D eigenvalue weighted by Gasteiger charge is -2.13. The molecule has 1 aromatic heterocycles. The van der Waals surface area contributed by atoms with E-state index in [2.05, 4.69) is 168 Å². The highest BCUT2D eigenvalue weighted by Crippen LogP contribution is 2.49. The summed E-state index contributed by atoms with van der Waals surface area (Å²) in [5.41, 5.74) is 14.0. The van der Waals surface area contributed by atoms with Crippen LogP contribution in [-0.2, 0) is 0 Å². The Morgan fingerprint density at radius 3 is 1.89 bits per heavy atom. The number of rotatable bonds is 3. The van der Waals surface area contributed by atoms with Gasteiger partial charge < -0.3 is 4.57 Å². The van der Waals surface area contributed by atoms with E-state index < -0.39 is 0 Å². The van der Waals surface area contributed by atoms with Crippen LogP contribution in [0.2, 0.25) is 0 Å². The fourth-order valence-corrected chi connectivity index (χ4v) is 7.76. The first-order valence-corrected chi connectivity index (χ1v) is 15.6. The topological polar surface area (TPSA) is 4.93 Å². The molecule has 10 rings (SSSR count). The molecular weight excluding hydrogens is 542 g/mol. The van der Waals surface area contributed by atoms with Crippen molar-refractivity contribution in [1.82, 2.24) is 4.57 Å². The van der Waals surface area contributed by atoms with Crippen molar-refractivity contribution >= 4 is 43.4 Å². The molecule has 9 aromatic rings. The van der Waals surface area contributed by atoms with Gasteiger partial charge in [0.25, 0.3) is 0 Å². The summed E-state index contributed by atoms with van der Waals surface area (Å²) in [7, 11) is 0. The predicted molar refractivity (Wildman–Crippen MR) is 191 cm³/mol. The zero-order chi connectivity index (χ0) is 29.5. The van der Waals surface area contributed by atoms with Crippen molar-refractivity contribution in [2.75, 3.05) is 0 Å². The van der Waals surface area contributed by atoms with Gasteiger partial charge in [-0.2, -0.15) is 0 Å². The minimum Gasteiger partial charge on any atom is -0.309 e. The second kappa shape index (κ2) is 9.29. The van der Waals surface area contributed by atoms with Gasteiger partial charge in [0, 0.05) is 21.8 Å². The molecule has 0 aliphatic heterocycles. The number of hydrogen-bond donors (Lipinski definition) is 0. The molecule has 1 heterocycles. The first kappa shape index (κ1) is 24.5. The Labute approximate surface area is 261 Å². The molecule has 0 saturated carbocycles. The van der Waals surface area contributed by atoms with Crippen LogP contribution in [0.25, 0.3) is 93.5 Å². The van der Waals surface area contributed by atoms with E-state index in [4.69, 9.17) is 0 Å². The second-order valence-corrected chi connectivity index (χ2v) is 12.1. The molecular formula is C44H27N. The van der Waals surface area contributed by atoms with Crippen LogP contribution in [0.15, 0.2) is 164 Å². The minimum absolute atomic E-state index is 1.18. The average molecular weight is 570 g/mol. The molecule has 1 heteroatoms. The third-order valence-electron chi connectivity index (χ3n) is 9.70. The van der Waals surface area contributed by atoms with Gasteiger partial charge in [-0.05, 0) is 97.1 Å². The summed E-state index contributed by atoms with van der Waals surface area (Å²) in [6.45, 7) is 0. The first-order valence-electron chi connectivity index (χ1n) is 15.6. The van der Waals surface area contributed by atoms with Gasteiger partial charge in [0.2, 0.25) is 0 Å². The van der Waals surface area contributed by atoms with E-state index >= 15 is 0 Å². The maximum absolute atomic E-state index is 2.43. The van der Waals surface area contributed by atoms with Crippen molar-refractivity contribution in [3.63, 3.8) is 0 Å². The van der Waals surface area contributed by atoms with E-state index in [-0.39, 0.29) is 0 Å². The van der Waals surface area contributed by atoms with Crippen molar-refractivity contribution in [2.24, 2.45) is 0 Å². The van der Waals surface area contributed by atoms with Crippen LogP contribution >= 0.6 is 0 Å². The molecule has 0 fully saturated rings. The lowest BCUT2D eigenvalue weighted by Crippen LogP contribution is -1.94. The third-order valence-corrected chi connectivity index (χ3v) is 9.70. The normalized spacial score (nSPS) is 12.0. The number of benzene rings is 8. The largest absolute Gasteiger partial charge is 0.309 e. The van der Waals surface area contributed by atoms with E-state index in [1.54, 1.807) is 0 Å². The van der Waals surface area contributed by atoms with Crippen LogP contribution in [0.1, 0.15) is 0 Å². The molecule has 1 nitrogen and oxygen atoms in total. The molecule has 0 bridgehead atoms. The quantitative estimate of drug-likeness (QED) is 0.199. The maximum Gasteiger partial charge on any atom is 0.0619 e. The van der Waals surface area contributed by atoms with Crippen LogP contribution in [-0.4, -0.2) is 4.57 Å². The Balaban J connectivity index is 1.19. The zero-order valence-electron chi connectivity index (χ0n) is 24.5. The minimum atomic E-state index is 1.18. The lowest BCUT2D eigenvalue weighted by atomic mass is 9.92. The number of hydrogen-bond acceptors (Lipinski definition) is 0. The summed E-state index contributed by atoms with van der Waals surface area (Å²) in [5, 5.41) is 7.74. The maximum atomic E-state index is 2.43. The van der Waals surface area contributed by atoms with E-state index in [0.29, 0.717) is 0 Å². The molecule has 8 aromatic carbocycles. The molecule has 0 spiro atoms. The van der Waals surface area contributed by atoms with E-state index in [1.807, 2.05) is 0 Å². The van der Waals surface area contributed by atoms with Crippen LogP contribution in [0.5, 0.6) is 0 Å². The fraction of sp³-hybridized carbons (Fsp3) is 0. The standard InChI is InChI=1S/C44H27N/c1-2-14-32(15-3-1)45-42-22-7-6-18-37(42)40-24-23-36-33(19-10-21-39(36)44(40)45)29-12-8-11-28(25-29)31-26-30-13-9-20-38-34-16-4-5-17-35(34)41(27-31)43(30)38/h1-27H. The lowest BCUT2D eigenvalue weighted by molar-refractivity contribution is 1.19. The molecule has 0 atom stereocenters. The van der Waals surface area contributed by atoms with Gasteiger partial charge in [0.05, 0.1) is 11.0 Å². The van der Waals surface area contributed by atoms with Crippen LogP contribution < -0.4 is 0 Å². The molecule has 0 radical (unpaired) electrons. The molecule has 45 heavy (non-hydrogen) atoms. The fourth-order valence-electron chi connectivity index (χ4n) is 7.76. The van der Waals surface area contributed by atoms with Crippen LogP contribution in [0.3, 0.4) is 0 Å². The summed E-state index contributed by atoms with van der Waals surface area (Å²) >= 11 is 0. The van der Waals surface area contributed by atoms with Crippen molar-refractivity contribution in [1.29, 1.82) is 0 Å². The molecule has 0 saturated heterocycles. The highest BCUT2D eigenvalue weighted by molar-refractivity contribution is 6.21. The average Bonchev–Trinajstić information content (AvgIpc) is 3.63. The smallest absolute Gasteiger partial charge is 0.0619 e. The van der Waals surface area contributed by atoms with E-state index in [9.17, 15) is 0 Å². The Morgan fingerprint density at radius 1 is 0.333 bits per heavy atom. The van der Waals surface area contributed by atoms with Gasteiger partial charge >= 0.3 is 0 Å². The van der Waals surface area contributed by atoms with Crippen molar-refractivity contribution in [3.05, 3.63) is 164 Å². The van der Waals surface area contributed by atoms with Crippen LogP contribution in [0.4, 0.5) is 0 Å². The summed E-state index contributed by atoms with van der Waals surface area (Å²) in [6, 6.07) is 60.2. The van der Waals surface area contributed by atoms with Gasteiger partial charge in [0.1, 0.15) is 0 Å². The second-order valence-electron chi connectivity index (χ2n) is 12.1. The Morgan fingerprint density at radius 2 is 0.978 bits per heavy atom. The SMILES string of the molecule is c1ccc(-n2c3ccccc3c3ccc4c(-c5cccc(-c6cc7c8c(cccc8c6)-c6ccccc6-7)c5)cccc4c32)cc1. The van der Waals surface area contributed by atoms with Crippen molar-refractivity contribution in [2.45, 2.75) is 0 Å². The highest BCUT2D eigenvalue weighted by atomic mass is 15.0. The molecule has 1 aliphatic carbocycles. The van der Waals surface area contributed by atoms with Crippen molar-refractivity contribution < 1.29 is 0 Å². The Bertz CT molecular complexity index is 2640. The predicted octanol–water partition coefficient (Wildman–Crippen LogP) is 12.1. The molecule has 0 unspecified atom stereocenters. The van der Waals surface area contributed by atoms with E-state index in [0.717, 1.165) is 0 Å². The van der Waals surface area contributed by atoms with Gasteiger partial charge in [-0.15, -0.1) is 0 Å². The summed E-state index contributed by atoms with van der Waals surface area (Å²) in [4.78, 5) is 0. The Hall–Kier alpha value is -5.92. The summed E-state index contributed by atoms with van der Waals surface area (Å²) in [6.07, 6.45) is 0. The summed E-state index contributed by atoms with van der Waals surface area (Å²) < 4.78 is 2.43. The first-order chi connectivity index (χ1) is 22.3. The molecule has 1 aliphatic rings.